The summed E-state index contributed by atoms with van der Waals surface area (Å²) in [7, 11) is 0. The summed E-state index contributed by atoms with van der Waals surface area (Å²) in [6.45, 7) is 7.40. The molecule has 6 heterocycles. The molecule has 8 N–H and O–H groups in total. The minimum Gasteiger partial charge on any atom is -0.508 e. The number of aromatic nitrogens is 9. The average molecular weight is 1010 g/mol. The van der Waals surface area contributed by atoms with Crippen LogP contribution in [0, 0.1) is 5.92 Å². The Balaban J connectivity index is 0.979. The van der Waals surface area contributed by atoms with Gasteiger partial charge in [0.25, 0.3) is 0 Å². The van der Waals surface area contributed by atoms with Crippen LogP contribution in [0.1, 0.15) is 54.5 Å². The summed E-state index contributed by atoms with van der Waals surface area (Å²) >= 11 is 0. The largest absolute Gasteiger partial charge is 0.508 e. The number of aryl methyl sites for hydroxylation is 1. The number of carbonyl (C=O) groups excluding carboxylic acids is 2. The predicted octanol–water partition coefficient (Wildman–Crippen LogP) is 2.11. The first kappa shape index (κ1) is 50.2. The van der Waals surface area contributed by atoms with Crippen LogP contribution in [-0.4, -0.2) is 159 Å². The molecular weight excluding hydrogens is 955 g/mol. The third-order valence-electron chi connectivity index (χ3n) is 13.3. The van der Waals surface area contributed by atoms with Crippen molar-refractivity contribution in [2.24, 2.45) is 22.4 Å². The van der Waals surface area contributed by atoms with E-state index in [1.54, 1.807) is 40.0 Å². The first-order valence-electron chi connectivity index (χ1n) is 24.4. The van der Waals surface area contributed by atoms with Crippen LogP contribution in [0.3, 0.4) is 0 Å². The number of aromatic hydroxyl groups is 1. The molecule has 2 saturated heterocycles. The molecule has 2 atom stereocenters. The molecule has 2 amide bonds. The van der Waals surface area contributed by atoms with Crippen molar-refractivity contribution in [2.75, 3.05) is 80.6 Å². The number of phenolic OH excluding ortho intramolecular Hbond substituents is 1. The van der Waals surface area contributed by atoms with Crippen LogP contribution < -0.4 is 32.0 Å². The van der Waals surface area contributed by atoms with E-state index in [2.05, 4.69) is 30.9 Å². The molecule has 25 heteroatoms. The molecule has 0 spiro atoms. The number of nitrogens with zero attached hydrogens (tertiary/aromatic N) is 14. The molecule has 9 rings (SSSR count). The summed E-state index contributed by atoms with van der Waals surface area (Å²) in [4.78, 5) is 79.4. The molecule has 0 radical (unpaired) electrons. The van der Waals surface area contributed by atoms with Crippen molar-refractivity contribution in [2.45, 2.75) is 52.1 Å². The third-order valence-corrected chi connectivity index (χ3v) is 13.3. The second-order valence-electron chi connectivity index (χ2n) is 18.3. The second-order valence-corrected chi connectivity index (χ2v) is 18.3. The van der Waals surface area contributed by atoms with Crippen molar-refractivity contribution < 1.29 is 34.1 Å². The number of phenols is 1. The van der Waals surface area contributed by atoms with Crippen molar-refractivity contribution >= 4 is 58.2 Å². The maximum absolute atomic E-state index is 14.4. The van der Waals surface area contributed by atoms with Crippen LogP contribution in [0.25, 0.3) is 33.4 Å². The van der Waals surface area contributed by atoms with Crippen molar-refractivity contribution in [3.8, 4) is 28.2 Å². The summed E-state index contributed by atoms with van der Waals surface area (Å²) in [5, 5.41) is 50.8. The molecule has 2 fully saturated rings. The van der Waals surface area contributed by atoms with Gasteiger partial charge in [0.05, 0.1) is 17.0 Å². The van der Waals surface area contributed by atoms with Crippen LogP contribution in [0.4, 0.5) is 23.5 Å². The van der Waals surface area contributed by atoms with Gasteiger partial charge in [0.2, 0.25) is 29.7 Å². The topological polar surface area (TPSA) is 332 Å². The molecule has 0 bridgehead atoms. The lowest BCUT2D eigenvalue weighted by atomic mass is 9.90. The van der Waals surface area contributed by atoms with E-state index in [-0.39, 0.29) is 70.9 Å². The molecule has 4 aliphatic rings. The number of carbonyl (C=O) groups is 3. The lowest BCUT2D eigenvalue weighted by Gasteiger charge is -2.38. The van der Waals surface area contributed by atoms with E-state index in [9.17, 15) is 34.5 Å². The maximum Gasteiger partial charge on any atom is 0.336 e. The molecule has 5 aromatic rings. The number of hydrogen-bond acceptors (Lipinski definition) is 18. The summed E-state index contributed by atoms with van der Waals surface area (Å²) in [5.41, 5.74) is 13.8. The van der Waals surface area contributed by atoms with Gasteiger partial charge in [0.15, 0.2) is 11.4 Å². The van der Waals surface area contributed by atoms with Crippen LogP contribution in [0.2, 0.25) is 0 Å². The number of rotatable bonds is 18. The lowest BCUT2D eigenvalue weighted by Crippen LogP contribution is -2.52. The van der Waals surface area contributed by atoms with E-state index in [0.717, 1.165) is 12.1 Å². The van der Waals surface area contributed by atoms with E-state index in [1.165, 1.54) is 35.0 Å². The molecular formula is C49H57N17O8. The van der Waals surface area contributed by atoms with Gasteiger partial charge in [0, 0.05) is 119 Å². The first-order valence-corrected chi connectivity index (χ1v) is 24.4. The summed E-state index contributed by atoms with van der Waals surface area (Å²) in [6, 6.07) is 13.1. The van der Waals surface area contributed by atoms with Crippen LogP contribution in [0.15, 0.2) is 81.2 Å². The van der Waals surface area contributed by atoms with Gasteiger partial charge in [-0.05, 0) is 60.7 Å². The number of aromatic carboxylic acids is 1. The maximum atomic E-state index is 14.4. The fourth-order valence-corrected chi connectivity index (χ4v) is 9.21. The number of anilines is 4. The molecule has 74 heavy (non-hydrogen) atoms. The quantitative estimate of drug-likeness (QED) is 0.0310. The lowest BCUT2D eigenvalue weighted by molar-refractivity contribution is -0.137. The fraction of sp³-hybridized carbons (Fsp3) is 0.388. The fourth-order valence-electron chi connectivity index (χ4n) is 9.21. The Morgan fingerprint density at radius 2 is 1.51 bits per heavy atom. The van der Waals surface area contributed by atoms with Gasteiger partial charge in [-0.25, -0.2) is 14.2 Å². The minimum atomic E-state index is -1.23. The summed E-state index contributed by atoms with van der Waals surface area (Å²) in [6.07, 6.45) is 5.79. The number of amides is 2. The normalized spacial score (nSPS) is 14.9. The number of benzene rings is 3. The number of carboxylic acid groups (broad SMARTS) is 1. The van der Waals surface area contributed by atoms with E-state index < -0.39 is 12.0 Å². The third kappa shape index (κ3) is 11.2. The summed E-state index contributed by atoms with van der Waals surface area (Å²) in [5.74, 6) is -0.528. The second kappa shape index (κ2) is 21.9. The molecule has 386 valence electrons. The molecule has 0 saturated carbocycles. The highest BCUT2D eigenvalue weighted by atomic mass is 16.4. The van der Waals surface area contributed by atoms with Crippen molar-refractivity contribution in [3.05, 3.63) is 94.2 Å². The van der Waals surface area contributed by atoms with Crippen molar-refractivity contribution in [1.82, 2.24) is 54.7 Å². The standard InChI is InChI=1S/C49H57N17O8/c1-3-29(2)43(66-27-31(58-60-66)5-4-13-52-46(50)51)44(71)62-16-20-64(21-17-62)49-55-47(54-48(56-49)63-18-14-61(15-19-63)41(70)28-65-26-32(12-22-67)57-59-65)53-30-6-9-35(38(23-30)45(72)73)42-36-10-7-33(68)24-39(36)74-40-25-34(69)8-11-37(40)42/h6-11,23-27,29,43,67-68H,3-5,12-22,28H2,1-2H3,(H,72,73)(H4,50,51,52)(H,53,54,55,56)/t29-,43-/m0/s1. The molecule has 1 aliphatic carbocycles. The highest BCUT2D eigenvalue weighted by Crippen LogP contribution is 2.42. The smallest absolute Gasteiger partial charge is 0.336 e. The van der Waals surface area contributed by atoms with Gasteiger partial charge in [-0.2, -0.15) is 15.0 Å². The van der Waals surface area contributed by atoms with Crippen molar-refractivity contribution in [3.63, 3.8) is 0 Å². The Bertz CT molecular complexity index is 3230. The van der Waals surface area contributed by atoms with E-state index in [4.69, 9.17) is 30.8 Å². The number of guanidine groups is 1. The minimum absolute atomic E-state index is 0.00942. The SMILES string of the molecule is CC[C@H](C)[C@@H](C(=O)N1CCN(c2nc(Nc3ccc(-c4c5ccc(=O)cc-5oc5cc(O)ccc45)c(C(=O)O)c3)nc(N3CCN(C(=O)Cn4cc(CCO)nn4)CC3)n2)CC1)n1cc(CCCN=C(N)N)nn1. The van der Waals surface area contributed by atoms with E-state index >= 15 is 0 Å². The Kier molecular flexibility index (Phi) is 14.9. The Morgan fingerprint density at radius 1 is 0.824 bits per heavy atom. The predicted molar refractivity (Wildman–Crippen MR) is 272 cm³/mol. The van der Waals surface area contributed by atoms with Gasteiger partial charge < -0.3 is 56.1 Å². The van der Waals surface area contributed by atoms with Gasteiger partial charge in [-0.1, -0.05) is 36.8 Å². The van der Waals surface area contributed by atoms with E-state index in [0.29, 0.717) is 124 Å². The Hall–Kier alpha value is -8.74. The molecule has 3 aromatic heterocycles. The van der Waals surface area contributed by atoms with Gasteiger partial charge in [-0.3, -0.25) is 19.4 Å². The molecule has 2 aromatic carbocycles. The summed E-state index contributed by atoms with van der Waals surface area (Å²) < 4.78 is 9.12. The zero-order chi connectivity index (χ0) is 52.0. The van der Waals surface area contributed by atoms with Crippen LogP contribution in [0.5, 0.6) is 5.75 Å². The number of nitrogens with two attached hydrogens (primary N) is 2. The Labute approximate surface area is 423 Å². The number of nitrogens with one attached hydrogen (secondary N) is 1. The highest BCUT2D eigenvalue weighted by Gasteiger charge is 2.34. The number of aliphatic hydroxyl groups excluding tert-OH is 1. The van der Waals surface area contributed by atoms with Crippen molar-refractivity contribution in [1.29, 1.82) is 0 Å². The first-order chi connectivity index (χ1) is 35.7. The molecule has 0 unspecified atom stereocenters. The molecule has 3 aliphatic heterocycles. The molecule has 25 nitrogen and oxygen atoms in total. The number of carboxylic acids is 1. The number of aliphatic hydroxyl groups is 1. The Morgan fingerprint density at radius 3 is 2.20 bits per heavy atom. The number of fused-ring (bicyclic) bond motifs is 2. The number of aliphatic imine (C=N–C) groups is 1. The van der Waals surface area contributed by atoms with Gasteiger partial charge in [0.1, 0.15) is 29.7 Å². The zero-order valence-electron chi connectivity index (χ0n) is 40.9. The average Bonchev–Trinajstić information content (AvgIpc) is 4.06. The van der Waals surface area contributed by atoms with Gasteiger partial charge >= 0.3 is 5.97 Å². The van der Waals surface area contributed by atoms with Gasteiger partial charge in [-0.15, -0.1) is 10.2 Å². The highest BCUT2D eigenvalue weighted by molar-refractivity contribution is 6.08. The monoisotopic (exact) mass is 1010 g/mol. The number of hydrogen-bond donors (Lipinski definition) is 6. The zero-order valence-corrected chi connectivity index (χ0v) is 40.9. The van der Waals surface area contributed by atoms with Crippen LogP contribution in [-0.2, 0) is 29.0 Å². The number of piperazine rings is 2. The van der Waals surface area contributed by atoms with Crippen LogP contribution >= 0.6 is 0 Å². The van der Waals surface area contributed by atoms with E-state index in [1.807, 2.05) is 34.7 Å².